The number of aromatic nitrogens is 1. The molecule has 0 aliphatic heterocycles. The van der Waals surface area contributed by atoms with Crippen LogP contribution in [0.4, 0.5) is 17.6 Å². The molecule has 6 nitrogen and oxygen atoms in total. The average Bonchev–Trinajstić information content (AvgIpc) is 3.07. The monoisotopic (exact) mass is 392 g/mol. The van der Waals surface area contributed by atoms with Gasteiger partial charge in [0.1, 0.15) is 4.88 Å². The summed E-state index contributed by atoms with van der Waals surface area (Å²) in [6, 6.07) is 5.31. The average molecular weight is 392 g/mol. The van der Waals surface area contributed by atoms with Crippen molar-refractivity contribution in [2.24, 2.45) is 0 Å². The maximum atomic E-state index is 12.8. The predicted molar refractivity (Wildman–Crippen MR) is 83.1 cm³/mol. The predicted octanol–water partition coefficient (Wildman–Crippen LogP) is 3.05. The third-order valence-corrected chi connectivity index (χ3v) is 4.10. The lowest BCUT2D eigenvalue weighted by molar-refractivity contribution is -0.148. The topological polar surface area (TPSA) is 88.5 Å². The van der Waals surface area contributed by atoms with Gasteiger partial charge in [-0.2, -0.15) is 8.78 Å². The van der Waals surface area contributed by atoms with E-state index in [1.807, 2.05) is 0 Å². The first kappa shape index (κ1) is 19.6. The van der Waals surface area contributed by atoms with E-state index < -0.39 is 30.8 Å². The second-order valence-electron chi connectivity index (χ2n) is 4.99. The highest BCUT2D eigenvalue weighted by atomic mass is 32.1. The number of hydrogen-bond acceptors (Lipinski definition) is 5. The number of aromatic carboxylic acids is 1. The minimum absolute atomic E-state index is 0.0907. The second-order valence-corrected chi connectivity index (χ2v) is 6.16. The number of alkyl halides is 4. The summed E-state index contributed by atoms with van der Waals surface area (Å²) < 4.78 is 54.0. The van der Waals surface area contributed by atoms with Gasteiger partial charge in [0.25, 0.3) is 5.91 Å². The number of carboxylic acid groups (broad SMARTS) is 1. The number of pyridine rings is 1. The summed E-state index contributed by atoms with van der Waals surface area (Å²) in [5.74, 6) is -6.23. The van der Waals surface area contributed by atoms with Crippen molar-refractivity contribution in [3.05, 3.63) is 45.8 Å². The molecular formula is C15H12F4N2O4S. The van der Waals surface area contributed by atoms with Crippen molar-refractivity contribution >= 4 is 23.2 Å². The Labute approximate surface area is 148 Å². The van der Waals surface area contributed by atoms with Gasteiger partial charge < -0.3 is 15.2 Å². The lowest BCUT2D eigenvalue weighted by atomic mass is 10.2. The van der Waals surface area contributed by atoms with Crippen LogP contribution in [0.3, 0.4) is 0 Å². The number of nitrogens with zero attached hydrogens (tertiary/aromatic N) is 1. The van der Waals surface area contributed by atoms with Crippen LogP contribution in [0.15, 0.2) is 30.5 Å². The van der Waals surface area contributed by atoms with Crippen molar-refractivity contribution in [1.29, 1.82) is 0 Å². The summed E-state index contributed by atoms with van der Waals surface area (Å²) >= 11 is 1.01. The van der Waals surface area contributed by atoms with Crippen LogP contribution in [0.1, 0.15) is 24.9 Å². The molecule has 2 N–H and O–H groups in total. The molecule has 0 radical (unpaired) electrons. The summed E-state index contributed by atoms with van der Waals surface area (Å²) in [5.41, 5.74) is 0.0907. The van der Waals surface area contributed by atoms with Gasteiger partial charge >= 0.3 is 18.3 Å². The quantitative estimate of drug-likeness (QED) is 0.674. The summed E-state index contributed by atoms with van der Waals surface area (Å²) in [4.78, 5) is 27.1. The number of halogens is 4. The zero-order valence-electron chi connectivity index (χ0n) is 12.9. The van der Waals surface area contributed by atoms with E-state index in [9.17, 15) is 27.2 Å². The minimum Gasteiger partial charge on any atom is -0.477 e. The van der Waals surface area contributed by atoms with E-state index in [1.165, 1.54) is 12.1 Å². The number of carboxylic acids is 1. The van der Waals surface area contributed by atoms with Crippen molar-refractivity contribution in [2.75, 3.05) is 6.61 Å². The Bertz CT molecular complexity index is 780. The molecule has 26 heavy (non-hydrogen) atoms. The van der Waals surface area contributed by atoms with Crippen LogP contribution in [0.2, 0.25) is 0 Å². The summed E-state index contributed by atoms with van der Waals surface area (Å²) in [5, 5.41) is 11.4. The van der Waals surface area contributed by atoms with Gasteiger partial charge in [-0.1, -0.05) is 0 Å². The molecule has 2 aromatic heterocycles. The van der Waals surface area contributed by atoms with Crippen molar-refractivity contribution < 1.29 is 37.0 Å². The van der Waals surface area contributed by atoms with Gasteiger partial charge in [0.05, 0.1) is 12.1 Å². The molecule has 0 saturated heterocycles. The molecular weight excluding hydrogens is 380 g/mol. The van der Waals surface area contributed by atoms with Gasteiger partial charge in [-0.3, -0.25) is 4.79 Å². The highest BCUT2D eigenvalue weighted by Crippen LogP contribution is 2.23. The van der Waals surface area contributed by atoms with E-state index in [1.54, 1.807) is 6.07 Å². The van der Waals surface area contributed by atoms with Crippen LogP contribution >= 0.6 is 11.3 Å². The molecule has 1 amide bonds. The Morgan fingerprint density at radius 2 is 2.00 bits per heavy atom. The van der Waals surface area contributed by atoms with Gasteiger partial charge in [0.2, 0.25) is 5.88 Å². The molecule has 0 aliphatic carbocycles. The highest BCUT2D eigenvalue weighted by molar-refractivity contribution is 7.13. The number of hydrogen-bond donors (Lipinski definition) is 2. The maximum absolute atomic E-state index is 12.8. The number of rotatable bonds is 8. The zero-order valence-corrected chi connectivity index (χ0v) is 13.7. The molecule has 140 valence electrons. The summed E-state index contributed by atoms with van der Waals surface area (Å²) in [6.45, 7) is -1.44. The normalized spacial score (nSPS) is 11.4. The molecule has 0 saturated carbocycles. The van der Waals surface area contributed by atoms with Crippen molar-refractivity contribution in [3.63, 3.8) is 0 Å². The molecule has 2 rings (SSSR count). The molecule has 0 aromatic carbocycles. The first-order chi connectivity index (χ1) is 12.2. The minimum atomic E-state index is -4.30. The van der Waals surface area contributed by atoms with Crippen LogP contribution in [-0.2, 0) is 6.54 Å². The van der Waals surface area contributed by atoms with Crippen LogP contribution in [0, 0.1) is 0 Å². The van der Waals surface area contributed by atoms with E-state index in [2.05, 4.69) is 15.0 Å². The Kier molecular flexibility index (Phi) is 6.14. The van der Waals surface area contributed by atoms with E-state index in [0.29, 0.717) is 4.88 Å². The standard InChI is InChI=1S/C15H12F4N2O4S/c16-14(17)15(18,19)7-25-11-4-1-8(5-20-11)12(22)21-6-9-2-3-10(26-9)13(23)24/h1-5,14H,6-7H2,(H,21,22)(H,23,24). The summed E-state index contributed by atoms with van der Waals surface area (Å²) in [7, 11) is 0. The Balaban J connectivity index is 1.88. The van der Waals surface area contributed by atoms with E-state index in [0.717, 1.165) is 23.6 Å². The van der Waals surface area contributed by atoms with Gasteiger partial charge in [-0.25, -0.2) is 18.6 Å². The molecule has 2 aromatic rings. The Morgan fingerprint density at radius 3 is 2.54 bits per heavy atom. The van der Waals surface area contributed by atoms with Gasteiger partial charge in [-0.05, 0) is 18.2 Å². The lowest BCUT2D eigenvalue weighted by Gasteiger charge is -2.15. The molecule has 0 spiro atoms. The van der Waals surface area contributed by atoms with Crippen LogP contribution in [0.5, 0.6) is 5.88 Å². The number of carbonyl (C=O) groups is 2. The fraction of sp³-hybridized carbons (Fsp3) is 0.267. The van der Waals surface area contributed by atoms with Crippen LogP contribution in [-0.4, -0.2) is 40.9 Å². The number of thiophene rings is 1. The van der Waals surface area contributed by atoms with Gasteiger partial charge in [0.15, 0.2) is 6.61 Å². The number of carbonyl (C=O) groups excluding carboxylic acids is 1. The number of amides is 1. The highest BCUT2D eigenvalue weighted by Gasteiger charge is 2.41. The van der Waals surface area contributed by atoms with E-state index in [-0.39, 0.29) is 22.9 Å². The largest absolute Gasteiger partial charge is 0.477 e. The first-order valence-electron chi connectivity index (χ1n) is 7.04. The zero-order chi connectivity index (χ0) is 19.3. The summed E-state index contributed by atoms with van der Waals surface area (Å²) in [6.07, 6.45) is -2.81. The first-order valence-corrected chi connectivity index (χ1v) is 7.85. The fourth-order valence-electron chi connectivity index (χ4n) is 1.69. The molecule has 2 heterocycles. The van der Waals surface area contributed by atoms with E-state index >= 15 is 0 Å². The Morgan fingerprint density at radius 1 is 1.27 bits per heavy atom. The van der Waals surface area contributed by atoms with Gasteiger partial charge in [0, 0.05) is 17.1 Å². The van der Waals surface area contributed by atoms with Crippen LogP contribution < -0.4 is 10.1 Å². The molecule has 0 fully saturated rings. The third kappa shape index (κ3) is 5.15. The fourth-order valence-corrected chi connectivity index (χ4v) is 2.48. The van der Waals surface area contributed by atoms with Crippen molar-refractivity contribution in [1.82, 2.24) is 10.3 Å². The Hall–Kier alpha value is -2.69. The molecule has 0 bridgehead atoms. The van der Waals surface area contributed by atoms with Gasteiger partial charge in [-0.15, -0.1) is 11.3 Å². The number of nitrogens with one attached hydrogen (secondary N) is 1. The maximum Gasteiger partial charge on any atom is 0.345 e. The van der Waals surface area contributed by atoms with E-state index in [4.69, 9.17) is 5.11 Å². The lowest BCUT2D eigenvalue weighted by Crippen LogP contribution is -2.33. The van der Waals surface area contributed by atoms with Crippen LogP contribution in [0.25, 0.3) is 0 Å². The number of ether oxygens (including phenoxy) is 1. The molecule has 0 aliphatic rings. The molecule has 11 heteroatoms. The molecule has 0 atom stereocenters. The molecule has 0 unspecified atom stereocenters. The third-order valence-electron chi connectivity index (χ3n) is 3.03. The second kappa shape index (κ2) is 8.13. The van der Waals surface area contributed by atoms with Crippen molar-refractivity contribution in [3.8, 4) is 5.88 Å². The smallest absolute Gasteiger partial charge is 0.345 e. The van der Waals surface area contributed by atoms with Crippen molar-refractivity contribution in [2.45, 2.75) is 18.9 Å². The SMILES string of the molecule is O=C(NCc1ccc(C(=O)O)s1)c1ccc(OCC(F)(F)C(F)F)nc1.